The molecule has 0 saturated carbocycles. The second-order valence-electron chi connectivity index (χ2n) is 6.88. The van der Waals surface area contributed by atoms with Crippen LogP contribution < -0.4 is 0 Å². The van der Waals surface area contributed by atoms with Gasteiger partial charge < -0.3 is 13.9 Å². The number of carbonyl (C=O) groups excluding carboxylic acids is 2. The summed E-state index contributed by atoms with van der Waals surface area (Å²) >= 11 is 0. The van der Waals surface area contributed by atoms with Crippen LogP contribution in [0.5, 0.6) is 0 Å². The predicted molar refractivity (Wildman–Crippen MR) is 87.0 cm³/mol. The first-order valence-electron chi connectivity index (χ1n) is 8.33. The Morgan fingerprint density at radius 3 is 2.92 bits per heavy atom. The van der Waals surface area contributed by atoms with E-state index in [9.17, 15) is 9.59 Å². The number of esters is 2. The maximum Gasteiger partial charge on any atom is 0.339 e. The first-order chi connectivity index (χ1) is 12.1. The van der Waals surface area contributed by atoms with Crippen molar-refractivity contribution in [2.24, 2.45) is 11.3 Å². The van der Waals surface area contributed by atoms with Crippen molar-refractivity contribution in [3.8, 4) is 0 Å². The van der Waals surface area contributed by atoms with E-state index in [2.05, 4.69) is 6.08 Å². The van der Waals surface area contributed by atoms with Gasteiger partial charge in [-0.1, -0.05) is 24.3 Å². The molecule has 1 saturated heterocycles. The lowest BCUT2D eigenvalue weighted by atomic mass is 9.66. The minimum absolute atomic E-state index is 0.171. The summed E-state index contributed by atoms with van der Waals surface area (Å²) in [6.07, 6.45) is 11.2. The number of ether oxygens (including phenoxy) is 2. The second-order valence-corrected chi connectivity index (χ2v) is 6.88. The number of rotatable bonds is 1. The lowest BCUT2D eigenvalue weighted by Gasteiger charge is -2.34. The number of furan rings is 1. The van der Waals surface area contributed by atoms with Gasteiger partial charge in [-0.25, -0.2) is 4.79 Å². The molecule has 5 heteroatoms. The summed E-state index contributed by atoms with van der Waals surface area (Å²) in [6, 6.07) is 1.80. The van der Waals surface area contributed by atoms with Gasteiger partial charge in [0.25, 0.3) is 0 Å². The highest BCUT2D eigenvalue weighted by molar-refractivity contribution is 5.97. The number of carbonyl (C=O) groups is 2. The Morgan fingerprint density at radius 2 is 2.12 bits per heavy atom. The molecule has 3 atom stereocenters. The molecule has 1 aromatic rings. The van der Waals surface area contributed by atoms with Crippen LogP contribution in [0, 0.1) is 11.3 Å². The molecule has 0 N–H and O–H groups in total. The molecule has 5 nitrogen and oxygen atoms in total. The van der Waals surface area contributed by atoms with Crippen LogP contribution in [0.1, 0.15) is 25.0 Å². The lowest BCUT2D eigenvalue weighted by molar-refractivity contribution is -0.141. The lowest BCUT2D eigenvalue weighted by Crippen LogP contribution is -2.33. The van der Waals surface area contributed by atoms with E-state index < -0.39 is 11.5 Å². The highest BCUT2D eigenvalue weighted by Gasteiger charge is 2.53. The number of allylic oxidation sites excluding steroid dienone is 2. The highest BCUT2D eigenvalue weighted by Crippen LogP contribution is 2.54. The molecule has 3 heterocycles. The van der Waals surface area contributed by atoms with Crippen LogP contribution in [-0.4, -0.2) is 18.5 Å². The third-order valence-electron chi connectivity index (χ3n) is 5.72. The smallest absolute Gasteiger partial charge is 0.339 e. The van der Waals surface area contributed by atoms with Gasteiger partial charge in [0.2, 0.25) is 0 Å². The largest absolute Gasteiger partial charge is 0.472 e. The van der Waals surface area contributed by atoms with Gasteiger partial charge in [0.05, 0.1) is 29.4 Å². The zero-order chi connectivity index (χ0) is 17.2. The molecular weight excluding hydrogens is 320 g/mol. The average Bonchev–Trinajstić information content (AvgIpc) is 3.29. The van der Waals surface area contributed by atoms with Crippen molar-refractivity contribution in [3.05, 3.63) is 70.8 Å². The van der Waals surface area contributed by atoms with Crippen LogP contribution >= 0.6 is 0 Å². The first kappa shape index (κ1) is 14.5. The van der Waals surface area contributed by atoms with Gasteiger partial charge in [-0.05, 0) is 30.6 Å². The molecule has 1 spiro atoms. The van der Waals surface area contributed by atoms with Gasteiger partial charge in [-0.2, -0.15) is 0 Å². The molecule has 2 aliphatic heterocycles. The van der Waals surface area contributed by atoms with E-state index in [0.717, 1.165) is 22.3 Å². The van der Waals surface area contributed by atoms with Crippen LogP contribution in [0.3, 0.4) is 0 Å². The van der Waals surface area contributed by atoms with E-state index in [0.29, 0.717) is 18.6 Å². The zero-order valence-corrected chi connectivity index (χ0v) is 13.7. The fourth-order valence-electron chi connectivity index (χ4n) is 4.45. The number of hydrogen-bond acceptors (Lipinski definition) is 5. The van der Waals surface area contributed by atoms with Crippen LogP contribution in [0.4, 0.5) is 0 Å². The van der Waals surface area contributed by atoms with Crippen molar-refractivity contribution < 1.29 is 23.5 Å². The van der Waals surface area contributed by atoms with Crippen molar-refractivity contribution >= 4 is 11.9 Å². The van der Waals surface area contributed by atoms with E-state index in [1.54, 1.807) is 18.6 Å². The van der Waals surface area contributed by atoms with E-state index in [4.69, 9.17) is 13.9 Å². The van der Waals surface area contributed by atoms with E-state index >= 15 is 0 Å². The Bertz CT molecular complexity index is 912. The molecule has 0 amide bonds. The van der Waals surface area contributed by atoms with Gasteiger partial charge >= 0.3 is 11.9 Å². The molecular formula is C20H16O5. The Morgan fingerprint density at radius 1 is 1.24 bits per heavy atom. The molecule has 0 bridgehead atoms. The Kier molecular flexibility index (Phi) is 2.82. The third-order valence-corrected chi connectivity index (χ3v) is 5.72. The molecule has 126 valence electrons. The van der Waals surface area contributed by atoms with Gasteiger partial charge in [0.15, 0.2) is 6.10 Å². The number of hydrogen-bond donors (Lipinski definition) is 0. The summed E-state index contributed by atoms with van der Waals surface area (Å²) in [6.45, 7) is 2.31. The van der Waals surface area contributed by atoms with Crippen molar-refractivity contribution in [3.63, 3.8) is 0 Å². The van der Waals surface area contributed by atoms with Crippen LogP contribution in [0.2, 0.25) is 0 Å². The second kappa shape index (κ2) is 4.85. The highest BCUT2D eigenvalue weighted by atomic mass is 16.6. The average molecular weight is 336 g/mol. The molecule has 1 aromatic heterocycles. The Balaban J connectivity index is 1.73. The first-order valence-corrected chi connectivity index (χ1v) is 8.33. The van der Waals surface area contributed by atoms with E-state index in [1.807, 2.05) is 25.2 Å². The summed E-state index contributed by atoms with van der Waals surface area (Å²) in [5.74, 6) is -0.754. The molecule has 0 aromatic carbocycles. The van der Waals surface area contributed by atoms with Crippen molar-refractivity contribution in [2.45, 2.75) is 19.4 Å². The zero-order valence-electron chi connectivity index (χ0n) is 13.7. The predicted octanol–water partition coefficient (Wildman–Crippen LogP) is 3.18. The molecule has 0 unspecified atom stereocenters. The van der Waals surface area contributed by atoms with E-state index in [-0.39, 0.29) is 17.9 Å². The summed E-state index contributed by atoms with van der Waals surface area (Å²) in [7, 11) is 0. The summed E-state index contributed by atoms with van der Waals surface area (Å²) in [5, 5.41) is 0. The minimum atomic E-state index is -0.499. The molecule has 2 aliphatic carbocycles. The minimum Gasteiger partial charge on any atom is -0.472 e. The van der Waals surface area contributed by atoms with Crippen LogP contribution in [-0.2, 0) is 19.1 Å². The molecule has 1 fully saturated rings. The molecule has 25 heavy (non-hydrogen) atoms. The van der Waals surface area contributed by atoms with Crippen molar-refractivity contribution in [1.29, 1.82) is 0 Å². The summed E-state index contributed by atoms with van der Waals surface area (Å²) < 4.78 is 16.2. The van der Waals surface area contributed by atoms with Gasteiger partial charge in [-0.3, -0.25) is 4.79 Å². The maximum atomic E-state index is 12.5. The molecule has 4 aliphatic rings. The molecule has 0 radical (unpaired) electrons. The quantitative estimate of drug-likeness (QED) is 0.737. The molecule has 5 rings (SSSR count). The normalized spacial score (nSPS) is 33.0. The number of cyclic esters (lactones) is 2. The van der Waals surface area contributed by atoms with Gasteiger partial charge in [0, 0.05) is 11.1 Å². The van der Waals surface area contributed by atoms with Crippen LogP contribution in [0.25, 0.3) is 0 Å². The topological polar surface area (TPSA) is 65.7 Å². The van der Waals surface area contributed by atoms with Gasteiger partial charge in [-0.15, -0.1) is 0 Å². The van der Waals surface area contributed by atoms with E-state index in [1.165, 1.54) is 0 Å². The van der Waals surface area contributed by atoms with Crippen molar-refractivity contribution in [1.82, 2.24) is 0 Å². The Hall–Kier alpha value is -2.82. The SMILES string of the molecule is CC1=C2C=CC[C@H]3C(=O)OC[C@@]23C=CC2=C1[C@H](c1ccoc1)OC2=O. The maximum absolute atomic E-state index is 12.5. The van der Waals surface area contributed by atoms with Gasteiger partial charge in [0.1, 0.15) is 6.61 Å². The monoisotopic (exact) mass is 336 g/mol. The standard InChI is InChI=1S/C20H16O5/c1-11-14-3-2-4-15-19(22)24-10-20(14,15)7-5-13-16(11)17(25-18(13)21)12-6-8-23-9-12/h2-3,5-9,15,17H,4,10H2,1H3/t15-,17-,20-/m0/s1. The van der Waals surface area contributed by atoms with Crippen LogP contribution in [0.15, 0.2) is 69.6 Å². The summed E-state index contributed by atoms with van der Waals surface area (Å²) in [4.78, 5) is 24.7. The fourth-order valence-corrected chi connectivity index (χ4v) is 4.45. The van der Waals surface area contributed by atoms with Crippen molar-refractivity contribution in [2.75, 3.05) is 6.61 Å². The Labute approximate surface area is 144 Å². The third kappa shape index (κ3) is 1.78. The fraction of sp³-hybridized carbons (Fsp3) is 0.300. The summed E-state index contributed by atoms with van der Waals surface area (Å²) in [5.41, 5.74) is 3.70.